The van der Waals surface area contributed by atoms with Crippen LogP contribution in [0.4, 0.5) is 0 Å². The van der Waals surface area contributed by atoms with E-state index < -0.39 is 131 Å². The van der Waals surface area contributed by atoms with Crippen molar-refractivity contribution in [3.05, 3.63) is 29.6 Å². The first kappa shape index (κ1) is 40.9. The van der Waals surface area contributed by atoms with Gasteiger partial charge in [0.15, 0.2) is 23.4 Å². The van der Waals surface area contributed by atoms with Crippen LogP contribution in [-0.4, -0.2) is 133 Å². The number of fused-ring (bicyclic) bond motifs is 5. The number of aliphatic hydroxyl groups excluding tert-OH is 2. The lowest BCUT2D eigenvalue weighted by atomic mass is 9.45. The van der Waals surface area contributed by atoms with E-state index in [1.807, 2.05) is 0 Å². The number of esters is 6. The smallest absolute Gasteiger partial charge is 0.340 e. The highest BCUT2D eigenvalue weighted by molar-refractivity contribution is 5.91. The SMILES string of the molecule is CC(=O)O[C@@H]1[C@H]2[C@H](OC(C)=O)[C@]34O[C@]2(C)COC(=O)c2cccnc2[C@H](C)[C@@H](C)C(=O)O[C@H]([C@@H](O)[C@@H](OC(C)=O)[C@]3(CO)[C@H]1OC(=O)C(C)(C)O)[C@@]4(C)O. The van der Waals surface area contributed by atoms with E-state index in [1.165, 1.54) is 32.2 Å². The van der Waals surface area contributed by atoms with Crippen molar-refractivity contribution in [1.82, 2.24) is 4.98 Å². The summed E-state index contributed by atoms with van der Waals surface area (Å²) < 4.78 is 41.9. The third-order valence-electron chi connectivity index (χ3n) is 11.3. The molecule has 18 heteroatoms. The molecule has 3 heterocycles. The molecule has 2 saturated carbocycles. The van der Waals surface area contributed by atoms with E-state index in [0.717, 1.165) is 41.5 Å². The van der Waals surface area contributed by atoms with Crippen LogP contribution in [-0.2, 0) is 57.1 Å². The number of cyclic esters (lactones) is 1. The van der Waals surface area contributed by atoms with Crippen LogP contribution < -0.4 is 0 Å². The van der Waals surface area contributed by atoms with Gasteiger partial charge in [0.05, 0.1) is 29.7 Å². The van der Waals surface area contributed by atoms with Crippen LogP contribution in [0.1, 0.15) is 84.3 Å². The molecule has 4 aliphatic rings. The molecular formula is C36H47NO17. The lowest BCUT2D eigenvalue weighted by molar-refractivity contribution is -0.387. The maximum absolute atomic E-state index is 14.0. The molecule has 298 valence electrons. The van der Waals surface area contributed by atoms with E-state index in [0.29, 0.717) is 0 Å². The van der Waals surface area contributed by atoms with Gasteiger partial charge >= 0.3 is 35.8 Å². The molecule has 1 aromatic heterocycles. The molecule has 0 amide bonds. The second kappa shape index (κ2) is 13.8. The molecule has 13 atom stereocenters. The summed E-state index contributed by atoms with van der Waals surface area (Å²) in [5.41, 5.74) is -12.5. The Bertz CT molecular complexity index is 1720. The Labute approximate surface area is 310 Å². The first-order valence-electron chi connectivity index (χ1n) is 17.4. The molecule has 4 N–H and O–H groups in total. The highest BCUT2D eigenvalue weighted by Crippen LogP contribution is 2.69. The first-order valence-corrected chi connectivity index (χ1v) is 17.4. The van der Waals surface area contributed by atoms with Crippen LogP contribution >= 0.6 is 0 Å². The van der Waals surface area contributed by atoms with Gasteiger partial charge in [0, 0.05) is 32.9 Å². The van der Waals surface area contributed by atoms with Crippen molar-refractivity contribution in [3.8, 4) is 0 Å². The van der Waals surface area contributed by atoms with Gasteiger partial charge in [0.1, 0.15) is 47.6 Å². The lowest BCUT2D eigenvalue weighted by Crippen LogP contribution is -2.89. The second-order valence-electron chi connectivity index (χ2n) is 15.5. The average molecular weight is 766 g/mol. The summed E-state index contributed by atoms with van der Waals surface area (Å²) in [5.74, 6) is -9.99. The van der Waals surface area contributed by atoms with Crippen molar-refractivity contribution in [3.63, 3.8) is 0 Å². The van der Waals surface area contributed by atoms with Crippen molar-refractivity contribution in [2.24, 2.45) is 17.3 Å². The third-order valence-corrected chi connectivity index (χ3v) is 11.3. The lowest BCUT2D eigenvalue weighted by Gasteiger charge is -2.67. The summed E-state index contributed by atoms with van der Waals surface area (Å²) in [6.45, 7) is 8.40. The average Bonchev–Trinajstić information content (AvgIpc) is 3.29. The van der Waals surface area contributed by atoms with Crippen molar-refractivity contribution in [2.45, 2.75) is 127 Å². The van der Waals surface area contributed by atoms with E-state index in [4.69, 9.17) is 33.2 Å². The minimum atomic E-state index is -2.81. The zero-order valence-corrected chi connectivity index (χ0v) is 31.4. The number of nitrogens with zero attached hydrogens (tertiary/aromatic N) is 1. The summed E-state index contributed by atoms with van der Waals surface area (Å²) >= 11 is 0. The summed E-state index contributed by atoms with van der Waals surface area (Å²) in [7, 11) is 0. The van der Waals surface area contributed by atoms with Crippen molar-refractivity contribution >= 4 is 35.8 Å². The Morgan fingerprint density at radius 3 is 2.09 bits per heavy atom. The number of hydrogen-bond acceptors (Lipinski definition) is 18. The van der Waals surface area contributed by atoms with Crippen molar-refractivity contribution < 1.29 is 82.4 Å². The fourth-order valence-corrected chi connectivity index (χ4v) is 8.85. The van der Waals surface area contributed by atoms with Gasteiger partial charge in [0.25, 0.3) is 0 Å². The minimum absolute atomic E-state index is 0.0404. The molecule has 0 aromatic carbocycles. The van der Waals surface area contributed by atoms with Gasteiger partial charge < -0.3 is 53.6 Å². The monoisotopic (exact) mass is 765 g/mol. The topological polar surface area (TPSA) is 261 Å². The maximum Gasteiger partial charge on any atom is 0.340 e. The fourth-order valence-electron chi connectivity index (χ4n) is 8.85. The third kappa shape index (κ3) is 6.02. The molecule has 2 aliphatic heterocycles. The standard InChI is InChI=1S/C36H47NO17/c1-15-16(2)29(43)52-26-23(42)27(51-19(5)41)35(13-38)28(53-31(45)32(6,7)46)24(49-17(3)39)21-25(50-18(4)40)36(35,34(26,9)47)54-33(21,8)14-48-30(44)20-11-10-12-37-22(15)20/h10-12,15-16,21,23-28,38,42,46-47H,13-14H2,1-9H3/t15-,16-,21+,23-,24-,25+,26-,27-,28+,33-,34-,35-,36-/m1/s1. The quantitative estimate of drug-likeness (QED) is 0.213. The van der Waals surface area contributed by atoms with Crippen LogP contribution in [0.5, 0.6) is 0 Å². The zero-order valence-electron chi connectivity index (χ0n) is 31.4. The Morgan fingerprint density at radius 1 is 0.944 bits per heavy atom. The van der Waals surface area contributed by atoms with Crippen molar-refractivity contribution in [1.29, 1.82) is 0 Å². The Morgan fingerprint density at radius 2 is 1.54 bits per heavy atom. The van der Waals surface area contributed by atoms with E-state index >= 15 is 0 Å². The van der Waals surface area contributed by atoms with Gasteiger partial charge in [-0.25, -0.2) is 9.59 Å². The van der Waals surface area contributed by atoms with Gasteiger partial charge in [-0.05, 0) is 39.8 Å². The van der Waals surface area contributed by atoms with Crippen LogP contribution in [0, 0.1) is 17.3 Å². The van der Waals surface area contributed by atoms with Gasteiger partial charge in [-0.2, -0.15) is 0 Å². The Hall–Kier alpha value is -4.23. The first-order chi connectivity index (χ1) is 24.9. The van der Waals surface area contributed by atoms with Crippen LogP contribution in [0.15, 0.2) is 18.3 Å². The number of rotatable bonds is 6. The molecule has 1 spiro atoms. The highest BCUT2D eigenvalue weighted by atomic mass is 16.7. The summed E-state index contributed by atoms with van der Waals surface area (Å²) in [5, 5.41) is 47.7. The van der Waals surface area contributed by atoms with E-state index in [9.17, 15) is 49.2 Å². The number of hydrogen-bond donors (Lipinski definition) is 4. The number of carbonyl (C=O) groups excluding carboxylic acids is 6. The van der Waals surface area contributed by atoms with Crippen molar-refractivity contribution in [2.75, 3.05) is 13.2 Å². The van der Waals surface area contributed by atoms with E-state index in [2.05, 4.69) is 4.98 Å². The summed E-state index contributed by atoms with van der Waals surface area (Å²) in [6.07, 6.45) is -11.1. The minimum Gasteiger partial charge on any atom is -0.459 e. The highest BCUT2D eigenvalue weighted by Gasteiger charge is 2.91. The van der Waals surface area contributed by atoms with E-state index in [1.54, 1.807) is 6.92 Å². The molecule has 54 heavy (non-hydrogen) atoms. The molecular weight excluding hydrogens is 718 g/mol. The number of pyridine rings is 1. The zero-order chi connectivity index (χ0) is 40.5. The number of aromatic nitrogens is 1. The van der Waals surface area contributed by atoms with Gasteiger partial charge in [-0.1, -0.05) is 13.8 Å². The molecule has 2 aliphatic carbocycles. The van der Waals surface area contributed by atoms with Crippen LogP contribution in [0.25, 0.3) is 0 Å². The Balaban J connectivity index is 1.94. The van der Waals surface area contributed by atoms with Crippen LogP contribution in [0.2, 0.25) is 0 Å². The maximum atomic E-state index is 14.0. The van der Waals surface area contributed by atoms with Crippen LogP contribution in [0.3, 0.4) is 0 Å². The summed E-state index contributed by atoms with van der Waals surface area (Å²) in [4.78, 5) is 84.7. The predicted molar refractivity (Wildman–Crippen MR) is 177 cm³/mol. The molecule has 4 bridgehead atoms. The van der Waals surface area contributed by atoms with Gasteiger partial charge in [-0.3, -0.25) is 24.2 Å². The molecule has 1 saturated heterocycles. The van der Waals surface area contributed by atoms with E-state index in [-0.39, 0.29) is 11.3 Å². The molecule has 5 rings (SSSR count). The molecule has 18 nitrogen and oxygen atoms in total. The predicted octanol–water partition coefficient (Wildman–Crippen LogP) is -0.357. The molecule has 0 unspecified atom stereocenters. The van der Waals surface area contributed by atoms with Gasteiger partial charge in [0.2, 0.25) is 0 Å². The molecule has 0 radical (unpaired) electrons. The fraction of sp³-hybridized carbons (Fsp3) is 0.694. The van der Waals surface area contributed by atoms with Gasteiger partial charge in [-0.15, -0.1) is 0 Å². The summed E-state index contributed by atoms with van der Waals surface area (Å²) in [6, 6.07) is 2.88. The molecule has 1 aromatic rings. The number of aliphatic hydroxyl groups is 4. The number of ether oxygens (including phenoxy) is 7. The molecule has 3 fully saturated rings. The normalized spacial score (nSPS) is 40.3. The largest absolute Gasteiger partial charge is 0.459 e. The Kier molecular flexibility index (Phi) is 10.5. The number of carbonyl (C=O) groups is 6. The second-order valence-corrected chi connectivity index (χ2v) is 15.5.